The van der Waals surface area contributed by atoms with Gasteiger partial charge >= 0.3 is 0 Å². The number of hydrogen-bond acceptors (Lipinski definition) is 7. The van der Waals surface area contributed by atoms with Gasteiger partial charge in [0.05, 0.1) is 23.5 Å². The van der Waals surface area contributed by atoms with Crippen molar-refractivity contribution in [3.63, 3.8) is 0 Å². The second kappa shape index (κ2) is 6.51. The molecule has 0 saturated carbocycles. The number of rotatable bonds is 5. The van der Waals surface area contributed by atoms with Gasteiger partial charge in [-0.1, -0.05) is 13.8 Å². The Kier molecular flexibility index (Phi) is 4.44. The maximum absolute atomic E-state index is 6.03. The number of aryl methyl sites for hydroxylation is 1. The SMILES string of the molecule is CCN1CC(Nc2nccc(-c3cnn(C)c3N)n2)CN1CC. The van der Waals surface area contributed by atoms with E-state index in [9.17, 15) is 0 Å². The van der Waals surface area contributed by atoms with Crippen LogP contribution in [0.5, 0.6) is 0 Å². The van der Waals surface area contributed by atoms with E-state index in [1.54, 1.807) is 17.1 Å². The fraction of sp³-hybridized carbons (Fsp3) is 0.533. The lowest BCUT2D eigenvalue weighted by atomic mass is 10.2. The number of nitrogens with zero attached hydrogens (tertiary/aromatic N) is 6. The Morgan fingerprint density at radius 1 is 1.26 bits per heavy atom. The van der Waals surface area contributed by atoms with E-state index in [1.165, 1.54) is 0 Å². The van der Waals surface area contributed by atoms with Crippen molar-refractivity contribution < 1.29 is 0 Å². The average Bonchev–Trinajstić information content (AvgIpc) is 3.11. The van der Waals surface area contributed by atoms with Crippen LogP contribution in [0, 0.1) is 0 Å². The lowest BCUT2D eigenvalue weighted by molar-refractivity contribution is 0.0388. The Morgan fingerprint density at radius 3 is 2.52 bits per heavy atom. The Hall–Kier alpha value is -2.19. The van der Waals surface area contributed by atoms with Crippen molar-refractivity contribution >= 4 is 11.8 Å². The first-order chi connectivity index (χ1) is 11.1. The van der Waals surface area contributed by atoms with Gasteiger partial charge in [-0.2, -0.15) is 5.10 Å². The summed E-state index contributed by atoms with van der Waals surface area (Å²) in [5.41, 5.74) is 7.64. The molecule has 1 saturated heterocycles. The minimum atomic E-state index is 0.316. The predicted molar refractivity (Wildman–Crippen MR) is 90.6 cm³/mol. The first-order valence-electron chi connectivity index (χ1n) is 7.99. The fourth-order valence-electron chi connectivity index (χ4n) is 2.95. The van der Waals surface area contributed by atoms with Crippen LogP contribution in [0.25, 0.3) is 11.3 Å². The van der Waals surface area contributed by atoms with Crippen molar-refractivity contribution in [2.45, 2.75) is 19.9 Å². The third-order valence-electron chi connectivity index (χ3n) is 4.24. The highest BCUT2D eigenvalue weighted by molar-refractivity contribution is 5.70. The van der Waals surface area contributed by atoms with Gasteiger partial charge in [0.1, 0.15) is 5.82 Å². The largest absolute Gasteiger partial charge is 0.383 e. The predicted octanol–water partition coefficient (Wildman–Crippen LogP) is 0.812. The minimum absolute atomic E-state index is 0.316. The Morgan fingerprint density at radius 2 is 1.96 bits per heavy atom. The molecule has 0 aromatic carbocycles. The zero-order valence-corrected chi connectivity index (χ0v) is 13.9. The molecule has 0 atom stereocenters. The molecule has 1 aliphatic heterocycles. The zero-order chi connectivity index (χ0) is 16.4. The number of aromatic nitrogens is 4. The molecule has 8 heteroatoms. The van der Waals surface area contributed by atoms with Crippen LogP contribution in [0.15, 0.2) is 18.5 Å². The van der Waals surface area contributed by atoms with Gasteiger partial charge in [0.15, 0.2) is 0 Å². The fourth-order valence-corrected chi connectivity index (χ4v) is 2.95. The van der Waals surface area contributed by atoms with Crippen LogP contribution in [0.1, 0.15) is 13.8 Å². The number of nitrogen functional groups attached to an aromatic ring is 1. The third-order valence-corrected chi connectivity index (χ3v) is 4.24. The molecule has 0 aliphatic carbocycles. The second-order valence-electron chi connectivity index (χ2n) is 5.68. The molecule has 3 N–H and O–H groups in total. The summed E-state index contributed by atoms with van der Waals surface area (Å²) in [7, 11) is 1.82. The molecule has 3 rings (SSSR count). The summed E-state index contributed by atoms with van der Waals surface area (Å²) in [4.78, 5) is 8.93. The van der Waals surface area contributed by atoms with Crippen LogP contribution in [-0.2, 0) is 7.05 Å². The van der Waals surface area contributed by atoms with Crippen molar-refractivity contribution in [2.24, 2.45) is 7.05 Å². The molecule has 0 spiro atoms. The summed E-state index contributed by atoms with van der Waals surface area (Å²) in [5.74, 6) is 1.23. The van der Waals surface area contributed by atoms with Gasteiger partial charge in [0.2, 0.25) is 5.95 Å². The maximum atomic E-state index is 6.03. The molecular weight excluding hydrogens is 292 g/mol. The summed E-state index contributed by atoms with van der Waals surface area (Å²) in [6, 6.07) is 2.17. The highest BCUT2D eigenvalue weighted by Crippen LogP contribution is 2.23. The lowest BCUT2D eigenvalue weighted by Gasteiger charge is -2.24. The molecule has 2 aromatic heterocycles. The quantitative estimate of drug-likeness (QED) is 0.844. The maximum Gasteiger partial charge on any atom is 0.223 e. The molecule has 0 amide bonds. The van der Waals surface area contributed by atoms with E-state index < -0.39 is 0 Å². The lowest BCUT2D eigenvalue weighted by Crippen LogP contribution is -2.35. The molecular formula is C15H24N8. The van der Waals surface area contributed by atoms with E-state index >= 15 is 0 Å². The van der Waals surface area contributed by atoms with Gasteiger partial charge in [-0.3, -0.25) is 4.68 Å². The topological polar surface area (TPSA) is 88.1 Å². The Balaban J connectivity index is 1.75. The molecule has 124 valence electrons. The average molecular weight is 316 g/mol. The van der Waals surface area contributed by atoms with Gasteiger partial charge in [0, 0.05) is 39.4 Å². The van der Waals surface area contributed by atoms with E-state index in [-0.39, 0.29) is 0 Å². The van der Waals surface area contributed by atoms with Crippen LogP contribution in [-0.4, -0.2) is 62.0 Å². The second-order valence-corrected chi connectivity index (χ2v) is 5.68. The van der Waals surface area contributed by atoms with E-state index in [2.05, 4.69) is 44.2 Å². The van der Waals surface area contributed by atoms with Crippen molar-refractivity contribution in [3.05, 3.63) is 18.5 Å². The summed E-state index contributed by atoms with van der Waals surface area (Å²) in [6.45, 7) is 8.30. The van der Waals surface area contributed by atoms with Crippen LogP contribution in [0.3, 0.4) is 0 Å². The van der Waals surface area contributed by atoms with E-state index in [0.29, 0.717) is 17.8 Å². The number of anilines is 2. The minimum Gasteiger partial charge on any atom is -0.383 e. The smallest absolute Gasteiger partial charge is 0.223 e. The van der Waals surface area contributed by atoms with Gasteiger partial charge in [-0.05, 0) is 6.07 Å². The Labute approximate surface area is 136 Å². The van der Waals surface area contributed by atoms with E-state index in [4.69, 9.17) is 5.73 Å². The summed E-state index contributed by atoms with van der Waals surface area (Å²) < 4.78 is 1.64. The summed E-state index contributed by atoms with van der Waals surface area (Å²) in [5, 5.41) is 12.3. The van der Waals surface area contributed by atoms with Crippen molar-refractivity contribution in [1.29, 1.82) is 0 Å². The van der Waals surface area contributed by atoms with Crippen molar-refractivity contribution in [1.82, 2.24) is 29.8 Å². The molecule has 1 fully saturated rings. The zero-order valence-electron chi connectivity index (χ0n) is 13.9. The third kappa shape index (κ3) is 3.13. The normalized spacial score (nSPS) is 17.0. The van der Waals surface area contributed by atoms with Gasteiger partial charge in [0.25, 0.3) is 0 Å². The molecule has 8 nitrogen and oxygen atoms in total. The van der Waals surface area contributed by atoms with Gasteiger partial charge in [-0.15, -0.1) is 0 Å². The first-order valence-corrected chi connectivity index (χ1v) is 7.99. The number of hydrazine groups is 1. The standard InChI is InChI=1S/C15H24N8/c1-4-22-9-11(10-23(22)5-2)19-15-17-7-6-13(20-15)12-8-18-21(3)14(12)16/h6-8,11H,4-5,9-10,16H2,1-3H3,(H,17,19,20). The van der Waals surface area contributed by atoms with Crippen LogP contribution in [0.4, 0.5) is 11.8 Å². The summed E-state index contributed by atoms with van der Waals surface area (Å²) >= 11 is 0. The first kappa shape index (κ1) is 15.7. The van der Waals surface area contributed by atoms with Gasteiger partial charge in [-0.25, -0.2) is 20.0 Å². The van der Waals surface area contributed by atoms with E-state index in [0.717, 1.165) is 37.4 Å². The molecule has 23 heavy (non-hydrogen) atoms. The van der Waals surface area contributed by atoms with Gasteiger partial charge < -0.3 is 11.1 Å². The monoisotopic (exact) mass is 316 g/mol. The molecule has 0 bridgehead atoms. The molecule has 1 aliphatic rings. The van der Waals surface area contributed by atoms with Crippen LogP contribution < -0.4 is 11.1 Å². The van der Waals surface area contributed by atoms with Crippen molar-refractivity contribution in [3.8, 4) is 11.3 Å². The van der Waals surface area contributed by atoms with Crippen LogP contribution >= 0.6 is 0 Å². The molecule has 3 heterocycles. The molecule has 0 unspecified atom stereocenters. The number of nitrogens with one attached hydrogen (secondary N) is 1. The van der Waals surface area contributed by atoms with E-state index in [1.807, 2.05) is 13.1 Å². The molecule has 2 aromatic rings. The highest BCUT2D eigenvalue weighted by atomic mass is 15.6. The van der Waals surface area contributed by atoms with Crippen molar-refractivity contribution in [2.75, 3.05) is 37.2 Å². The Bertz CT molecular complexity index is 655. The number of nitrogens with two attached hydrogens (primary N) is 1. The number of hydrogen-bond donors (Lipinski definition) is 2. The molecule has 0 radical (unpaired) electrons. The highest BCUT2D eigenvalue weighted by Gasteiger charge is 2.28. The number of likely N-dealkylation sites (N-methyl/N-ethyl adjacent to an activating group) is 2. The van der Waals surface area contributed by atoms with Crippen LogP contribution in [0.2, 0.25) is 0 Å². The summed E-state index contributed by atoms with van der Waals surface area (Å²) in [6.07, 6.45) is 3.48.